The second-order valence-electron chi connectivity index (χ2n) is 11.8. The van der Waals surface area contributed by atoms with E-state index >= 15 is 0 Å². The third-order valence-corrected chi connectivity index (χ3v) is 7.83. The molecule has 1 nitrogen and oxygen atoms in total. The molecule has 1 heteroatoms. The molecule has 0 aliphatic heterocycles. The van der Waals surface area contributed by atoms with Gasteiger partial charge in [0.05, 0.1) is 11.4 Å². The molecule has 5 aromatic carbocycles. The fraction of sp³-hybridized carbons (Fsp3) is 0.146. The lowest BCUT2D eigenvalue weighted by atomic mass is 9.90. The Labute approximate surface area is 296 Å². The van der Waals surface area contributed by atoms with Crippen molar-refractivity contribution < 1.29 is 0 Å². The standard InChI is InChI=1S/C27H24.C19H21N.C2H6/c1-20-10-6-8-14-25(20)26-17-16-24(18-21(26)2)27-15-9-7-13-23(27)19-22-11-4-3-5-12-22;1-6-11-17(7-2)19(14-15(3)4)20-16(5)18-12-9-8-10-13-18;1-2/h3-18H,19H2,1-2H3;6-14H,1-2,5H2,3-4H3;1-2H3/b;17-11+,20-19?;. The number of hydrogen-bond donors (Lipinski definition) is 0. The molecule has 0 aliphatic carbocycles. The maximum Gasteiger partial charge on any atom is 0.0708 e. The summed E-state index contributed by atoms with van der Waals surface area (Å²) < 4.78 is 0. The van der Waals surface area contributed by atoms with Gasteiger partial charge in [0, 0.05) is 0 Å². The fourth-order valence-corrected chi connectivity index (χ4v) is 5.46. The summed E-state index contributed by atoms with van der Waals surface area (Å²) in [5, 5.41) is 0. The molecule has 0 fully saturated rings. The fourth-order valence-electron chi connectivity index (χ4n) is 5.46. The first-order chi connectivity index (χ1) is 23.8. The summed E-state index contributed by atoms with van der Waals surface area (Å²) in [6.07, 6.45) is 8.37. The van der Waals surface area contributed by atoms with E-state index in [9.17, 15) is 0 Å². The van der Waals surface area contributed by atoms with Crippen molar-refractivity contribution in [3.63, 3.8) is 0 Å². The van der Waals surface area contributed by atoms with Crippen LogP contribution in [-0.2, 0) is 6.42 Å². The Morgan fingerprint density at radius 3 is 1.82 bits per heavy atom. The first-order valence-corrected chi connectivity index (χ1v) is 17.0. The quantitative estimate of drug-likeness (QED) is 0.106. The number of rotatable bonds is 10. The summed E-state index contributed by atoms with van der Waals surface area (Å²) in [6.45, 7) is 24.1. The van der Waals surface area contributed by atoms with Gasteiger partial charge in [-0.25, -0.2) is 4.99 Å². The second kappa shape index (κ2) is 20.0. The van der Waals surface area contributed by atoms with Gasteiger partial charge in [0.15, 0.2) is 0 Å². The number of benzene rings is 5. The van der Waals surface area contributed by atoms with Gasteiger partial charge in [-0.15, -0.1) is 0 Å². The number of aryl methyl sites for hydroxylation is 2. The molecule has 5 aromatic rings. The molecule has 0 aliphatic rings. The predicted octanol–water partition coefficient (Wildman–Crippen LogP) is 13.6. The molecule has 0 saturated carbocycles. The molecule has 0 radical (unpaired) electrons. The van der Waals surface area contributed by atoms with Crippen molar-refractivity contribution in [2.24, 2.45) is 4.99 Å². The number of allylic oxidation sites excluding steroid dienone is 6. The zero-order valence-electron chi connectivity index (χ0n) is 30.2. The van der Waals surface area contributed by atoms with Gasteiger partial charge in [0.1, 0.15) is 0 Å². The summed E-state index contributed by atoms with van der Waals surface area (Å²) in [4.78, 5) is 4.64. The molecule has 0 amide bonds. The minimum absolute atomic E-state index is 0.731. The van der Waals surface area contributed by atoms with Crippen LogP contribution in [0.2, 0.25) is 0 Å². The predicted molar refractivity (Wildman–Crippen MR) is 218 cm³/mol. The van der Waals surface area contributed by atoms with E-state index in [0.29, 0.717) is 0 Å². The molecule has 0 saturated heterocycles. The van der Waals surface area contributed by atoms with Gasteiger partial charge in [-0.2, -0.15) is 0 Å². The van der Waals surface area contributed by atoms with Crippen molar-refractivity contribution in [1.82, 2.24) is 0 Å². The third-order valence-electron chi connectivity index (χ3n) is 7.83. The molecule has 0 bridgehead atoms. The maximum absolute atomic E-state index is 4.64. The highest BCUT2D eigenvalue weighted by molar-refractivity contribution is 6.12. The highest BCUT2D eigenvalue weighted by atomic mass is 14.8. The molecule has 248 valence electrons. The second-order valence-corrected chi connectivity index (χ2v) is 11.8. The Morgan fingerprint density at radius 2 is 1.22 bits per heavy atom. The summed E-state index contributed by atoms with van der Waals surface area (Å²) in [5.41, 5.74) is 15.3. The van der Waals surface area contributed by atoms with Crippen LogP contribution in [0.4, 0.5) is 0 Å². The highest BCUT2D eigenvalue weighted by Gasteiger charge is 2.10. The molecular weight excluding hydrogens is 591 g/mol. The summed E-state index contributed by atoms with van der Waals surface area (Å²) >= 11 is 0. The lowest BCUT2D eigenvalue weighted by Gasteiger charge is -2.14. The minimum Gasteiger partial charge on any atom is -0.248 e. The number of nitrogens with zero attached hydrogens (tertiary/aromatic N) is 1. The van der Waals surface area contributed by atoms with Crippen LogP contribution in [0.25, 0.3) is 28.0 Å². The van der Waals surface area contributed by atoms with Crippen molar-refractivity contribution in [1.29, 1.82) is 0 Å². The van der Waals surface area contributed by atoms with Crippen LogP contribution in [0.1, 0.15) is 55.5 Å². The molecule has 49 heavy (non-hydrogen) atoms. The number of aliphatic imine (C=N–C) groups is 1. The summed E-state index contributed by atoms with van der Waals surface area (Å²) in [5.74, 6) is 0. The van der Waals surface area contributed by atoms with Gasteiger partial charge in [0.25, 0.3) is 0 Å². The summed E-state index contributed by atoms with van der Waals surface area (Å²) in [7, 11) is 0. The smallest absolute Gasteiger partial charge is 0.0708 e. The zero-order chi connectivity index (χ0) is 35.6. The van der Waals surface area contributed by atoms with Crippen LogP contribution in [0.15, 0.2) is 188 Å². The van der Waals surface area contributed by atoms with E-state index in [0.717, 1.165) is 29.0 Å². The van der Waals surface area contributed by atoms with Gasteiger partial charge in [-0.3, -0.25) is 0 Å². The van der Waals surface area contributed by atoms with Gasteiger partial charge >= 0.3 is 0 Å². The largest absolute Gasteiger partial charge is 0.248 e. The van der Waals surface area contributed by atoms with Crippen LogP contribution in [0.3, 0.4) is 0 Å². The zero-order valence-corrected chi connectivity index (χ0v) is 30.2. The van der Waals surface area contributed by atoms with Gasteiger partial charge in [0.2, 0.25) is 0 Å². The minimum atomic E-state index is 0.731. The average Bonchev–Trinajstić information content (AvgIpc) is 3.13. The van der Waals surface area contributed by atoms with Gasteiger partial charge in [-0.1, -0.05) is 185 Å². The molecular formula is C48H51N. The van der Waals surface area contributed by atoms with E-state index in [1.54, 1.807) is 12.2 Å². The van der Waals surface area contributed by atoms with Crippen molar-refractivity contribution in [2.75, 3.05) is 0 Å². The van der Waals surface area contributed by atoms with E-state index in [-0.39, 0.29) is 0 Å². The molecule has 0 N–H and O–H groups in total. The maximum atomic E-state index is 4.64. The summed E-state index contributed by atoms with van der Waals surface area (Å²) in [6, 6.07) is 44.8. The first kappa shape index (κ1) is 37.9. The van der Waals surface area contributed by atoms with Crippen LogP contribution < -0.4 is 0 Å². The average molecular weight is 642 g/mol. The normalized spacial score (nSPS) is 10.8. The van der Waals surface area contributed by atoms with Crippen LogP contribution in [-0.4, -0.2) is 5.71 Å². The topological polar surface area (TPSA) is 12.4 Å². The SMILES string of the molecule is C=C/C=C(\C=C)C(C=C(C)C)=NC(=C)c1ccccc1.CC.Cc1ccccc1-c1ccc(-c2ccccc2Cc2ccccc2)cc1C. The lowest BCUT2D eigenvalue weighted by Crippen LogP contribution is -1.98. The monoisotopic (exact) mass is 641 g/mol. The Morgan fingerprint density at radius 1 is 0.653 bits per heavy atom. The van der Waals surface area contributed by atoms with E-state index in [1.165, 1.54) is 50.1 Å². The first-order valence-electron chi connectivity index (χ1n) is 17.0. The molecule has 0 atom stereocenters. The van der Waals surface area contributed by atoms with Crippen molar-refractivity contribution in [3.05, 3.63) is 210 Å². The van der Waals surface area contributed by atoms with E-state index < -0.39 is 0 Å². The van der Waals surface area contributed by atoms with E-state index in [1.807, 2.05) is 70.2 Å². The highest BCUT2D eigenvalue weighted by Crippen LogP contribution is 2.32. The third kappa shape index (κ3) is 11.3. The van der Waals surface area contributed by atoms with Gasteiger partial charge < -0.3 is 0 Å². The Bertz CT molecular complexity index is 1910. The molecule has 0 spiro atoms. The van der Waals surface area contributed by atoms with Crippen LogP contribution >= 0.6 is 0 Å². The van der Waals surface area contributed by atoms with Crippen molar-refractivity contribution >= 4 is 11.4 Å². The Balaban J connectivity index is 0.000000265. The van der Waals surface area contributed by atoms with Crippen LogP contribution in [0.5, 0.6) is 0 Å². The molecule has 5 rings (SSSR count). The Hall–Kier alpha value is -5.53. The Kier molecular flexibility index (Phi) is 15.5. The number of hydrogen-bond acceptors (Lipinski definition) is 1. The van der Waals surface area contributed by atoms with Crippen LogP contribution in [0, 0.1) is 13.8 Å². The molecule has 0 unspecified atom stereocenters. The van der Waals surface area contributed by atoms with E-state index in [2.05, 4.69) is 136 Å². The molecule has 0 heterocycles. The van der Waals surface area contributed by atoms with Crippen molar-refractivity contribution in [2.45, 2.75) is 48.0 Å². The van der Waals surface area contributed by atoms with Crippen molar-refractivity contribution in [3.8, 4) is 22.3 Å². The van der Waals surface area contributed by atoms with Gasteiger partial charge in [-0.05, 0) is 95.8 Å². The van der Waals surface area contributed by atoms with E-state index in [4.69, 9.17) is 0 Å². The lowest BCUT2D eigenvalue weighted by molar-refractivity contribution is 1.19. The molecule has 0 aromatic heterocycles.